The van der Waals surface area contributed by atoms with Crippen LogP contribution in [0.1, 0.15) is 27.9 Å². The van der Waals surface area contributed by atoms with Crippen LogP contribution in [0.2, 0.25) is 0 Å². The summed E-state index contributed by atoms with van der Waals surface area (Å²) in [6, 6.07) is 12.3. The number of nitrogens with zero attached hydrogens (tertiary/aromatic N) is 2. The monoisotopic (exact) mass is 407 g/mol. The highest BCUT2D eigenvalue weighted by atomic mass is 16.5. The van der Waals surface area contributed by atoms with E-state index in [-0.39, 0.29) is 17.9 Å². The number of ether oxygens (including phenoxy) is 1. The lowest BCUT2D eigenvalue weighted by Crippen LogP contribution is -2.51. The minimum absolute atomic E-state index is 0.121. The van der Waals surface area contributed by atoms with Gasteiger partial charge in [-0.15, -0.1) is 0 Å². The van der Waals surface area contributed by atoms with E-state index in [1.54, 1.807) is 41.3 Å². The van der Waals surface area contributed by atoms with Crippen molar-refractivity contribution in [1.82, 2.24) is 20.2 Å². The maximum Gasteiger partial charge on any atom is 0.413 e. The largest absolute Gasteiger partial charge is 0.453 e. The summed E-state index contributed by atoms with van der Waals surface area (Å²) in [5.41, 5.74) is 1.25. The molecule has 1 saturated heterocycles. The number of aliphatic hydroxyl groups is 1. The van der Waals surface area contributed by atoms with Gasteiger partial charge >= 0.3 is 6.09 Å². The lowest BCUT2D eigenvalue weighted by Gasteiger charge is -2.38. The Morgan fingerprint density at radius 1 is 1.33 bits per heavy atom. The molecule has 154 valence electrons. The third-order valence-corrected chi connectivity index (χ3v) is 5.79. The highest BCUT2D eigenvalue weighted by Crippen LogP contribution is 2.44. The predicted molar refractivity (Wildman–Crippen MR) is 109 cm³/mol. The Kier molecular flexibility index (Phi) is 4.23. The van der Waals surface area contributed by atoms with Crippen molar-refractivity contribution < 1.29 is 19.4 Å². The Morgan fingerprint density at radius 2 is 2.17 bits per heavy atom. The number of rotatable bonds is 3. The van der Waals surface area contributed by atoms with Gasteiger partial charge in [-0.1, -0.05) is 24.3 Å². The molecule has 1 aromatic heterocycles. The summed E-state index contributed by atoms with van der Waals surface area (Å²) in [4.78, 5) is 33.6. The fourth-order valence-corrected chi connectivity index (χ4v) is 4.40. The summed E-state index contributed by atoms with van der Waals surface area (Å²) in [6.45, 7) is 1.42. The van der Waals surface area contributed by atoms with Gasteiger partial charge < -0.3 is 20.1 Å². The molecule has 2 aliphatic heterocycles. The van der Waals surface area contributed by atoms with Crippen LogP contribution in [0.25, 0.3) is 11.0 Å². The number of hydrogen-bond donors (Lipinski definition) is 4. The molecule has 9 nitrogen and oxygen atoms in total. The van der Waals surface area contributed by atoms with Crippen LogP contribution >= 0.6 is 0 Å². The molecule has 30 heavy (non-hydrogen) atoms. The van der Waals surface area contributed by atoms with Crippen molar-refractivity contribution in [3.8, 4) is 0 Å². The third kappa shape index (κ3) is 2.66. The van der Waals surface area contributed by atoms with Crippen LogP contribution in [0.5, 0.6) is 0 Å². The molecule has 3 heterocycles. The van der Waals surface area contributed by atoms with Crippen molar-refractivity contribution in [2.24, 2.45) is 0 Å². The highest BCUT2D eigenvalue weighted by Gasteiger charge is 2.52. The van der Waals surface area contributed by atoms with E-state index in [4.69, 9.17) is 0 Å². The lowest BCUT2D eigenvalue weighted by atomic mass is 9.92. The second-order valence-corrected chi connectivity index (χ2v) is 7.47. The molecule has 0 aliphatic carbocycles. The Hall–Kier alpha value is -3.43. The number of aromatic nitrogens is 2. The first kappa shape index (κ1) is 18.6. The third-order valence-electron chi connectivity index (χ3n) is 5.79. The van der Waals surface area contributed by atoms with Crippen LogP contribution in [0.15, 0.2) is 42.5 Å². The van der Waals surface area contributed by atoms with Crippen molar-refractivity contribution in [3.05, 3.63) is 59.2 Å². The summed E-state index contributed by atoms with van der Waals surface area (Å²) in [5, 5.41) is 17.8. The van der Waals surface area contributed by atoms with E-state index in [1.165, 1.54) is 7.11 Å². The number of amides is 2. The van der Waals surface area contributed by atoms with E-state index < -0.39 is 11.8 Å². The summed E-state index contributed by atoms with van der Waals surface area (Å²) in [6.07, 6.45) is 0.129. The van der Waals surface area contributed by atoms with E-state index in [0.29, 0.717) is 34.3 Å². The molecule has 2 unspecified atom stereocenters. The molecule has 2 aromatic carbocycles. The topological polar surface area (TPSA) is 120 Å². The van der Waals surface area contributed by atoms with Crippen LogP contribution in [-0.2, 0) is 10.5 Å². The molecule has 0 radical (unpaired) electrons. The zero-order valence-electron chi connectivity index (χ0n) is 16.3. The number of nitrogens with one attached hydrogen (secondary N) is 3. The van der Waals surface area contributed by atoms with Gasteiger partial charge in [0.1, 0.15) is 0 Å². The number of methoxy groups -OCH3 is 1. The maximum absolute atomic E-state index is 13.3. The van der Waals surface area contributed by atoms with Crippen molar-refractivity contribution in [3.63, 3.8) is 0 Å². The van der Waals surface area contributed by atoms with Crippen LogP contribution in [0.4, 0.5) is 10.7 Å². The van der Waals surface area contributed by atoms with Gasteiger partial charge in [0.25, 0.3) is 5.91 Å². The second-order valence-electron chi connectivity index (χ2n) is 7.47. The number of aromatic amines is 1. The van der Waals surface area contributed by atoms with Gasteiger partial charge in [0.2, 0.25) is 5.95 Å². The van der Waals surface area contributed by atoms with Crippen molar-refractivity contribution in [2.75, 3.05) is 25.5 Å². The van der Waals surface area contributed by atoms with Crippen LogP contribution < -0.4 is 10.6 Å². The fraction of sp³-hybridized carbons (Fsp3) is 0.286. The SMILES string of the molecule is COC(=O)Nc1nc2ccc(C3(O)c4ccccc4C(=O)N3C3CCNC3)cc2[nH]1. The molecule has 2 aliphatic rings. The second kappa shape index (κ2) is 6.82. The molecule has 5 rings (SSSR count). The van der Waals surface area contributed by atoms with E-state index >= 15 is 0 Å². The zero-order valence-corrected chi connectivity index (χ0v) is 16.3. The standard InChI is InChI=1S/C21H21N5O4/c1-30-20(28)25-19-23-16-7-6-12(10-17(16)24-19)21(29)15-5-3-2-4-14(15)18(27)26(21)13-8-9-22-11-13/h2-7,10,13,22,29H,8-9,11H2,1H3,(H2,23,24,25,28). The van der Waals surface area contributed by atoms with Gasteiger partial charge in [0, 0.05) is 29.3 Å². The Morgan fingerprint density at radius 3 is 2.93 bits per heavy atom. The molecule has 2 atom stereocenters. The molecule has 2 amide bonds. The molecule has 4 N–H and O–H groups in total. The summed E-state index contributed by atoms with van der Waals surface area (Å²) in [7, 11) is 1.27. The van der Waals surface area contributed by atoms with Gasteiger partial charge in [0.15, 0.2) is 5.72 Å². The van der Waals surface area contributed by atoms with Crippen LogP contribution in [0, 0.1) is 0 Å². The molecular formula is C21H21N5O4. The first-order valence-corrected chi connectivity index (χ1v) is 9.74. The number of H-pyrrole nitrogens is 1. The number of anilines is 1. The lowest BCUT2D eigenvalue weighted by molar-refractivity contribution is -0.0664. The van der Waals surface area contributed by atoms with Crippen molar-refractivity contribution in [1.29, 1.82) is 0 Å². The molecule has 1 fully saturated rings. The smallest absolute Gasteiger partial charge is 0.413 e. The van der Waals surface area contributed by atoms with Gasteiger partial charge in [-0.05, 0) is 31.2 Å². The number of fused-ring (bicyclic) bond motifs is 2. The highest BCUT2D eigenvalue weighted by molar-refractivity contribution is 6.01. The summed E-state index contributed by atoms with van der Waals surface area (Å²) in [5.74, 6) is 0.0558. The number of carbonyl (C=O) groups is 2. The molecule has 0 saturated carbocycles. The normalized spacial score (nSPS) is 23.1. The first-order valence-electron chi connectivity index (χ1n) is 9.74. The fourth-order valence-electron chi connectivity index (χ4n) is 4.40. The van der Waals surface area contributed by atoms with E-state index in [0.717, 1.165) is 13.0 Å². The Balaban J connectivity index is 1.63. The molecule has 9 heteroatoms. The average Bonchev–Trinajstić information content (AvgIpc) is 3.46. The number of carbonyl (C=O) groups excluding carboxylic acids is 2. The predicted octanol–water partition coefficient (Wildman–Crippen LogP) is 1.75. The summed E-state index contributed by atoms with van der Waals surface area (Å²) < 4.78 is 4.59. The minimum atomic E-state index is -1.60. The van der Waals surface area contributed by atoms with Gasteiger partial charge in [-0.3, -0.25) is 15.0 Å². The van der Waals surface area contributed by atoms with E-state index in [2.05, 4.69) is 25.3 Å². The van der Waals surface area contributed by atoms with Crippen molar-refractivity contribution >= 4 is 29.0 Å². The number of benzene rings is 2. The quantitative estimate of drug-likeness (QED) is 0.525. The van der Waals surface area contributed by atoms with Gasteiger partial charge in [0.05, 0.1) is 18.1 Å². The molecule has 3 aromatic rings. The first-order chi connectivity index (χ1) is 14.5. The number of imidazole rings is 1. The number of hydrogen-bond acceptors (Lipinski definition) is 6. The molecule has 0 bridgehead atoms. The molecular weight excluding hydrogens is 386 g/mol. The van der Waals surface area contributed by atoms with E-state index in [1.807, 2.05) is 6.07 Å². The van der Waals surface area contributed by atoms with Crippen LogP contribution in [-0.4, -0.2) is 58.2 Å². The van der Waals surface area contributed by atoms with Gasteiger partial charge in [-0.25, -0.2) is 9.78 Å². The Labute approximate surface area is 172 Å². The van der Waals surface area contributed by atoms with Crippen molar-refractivity contribution in [2.45, 2.75) is 18.2 Å². The maximum atomic E-state index is 13.3. The average molecular weight is 407 g/mol. The minimum Gasteiger partial charge on any atom is -0.453 e. The Bertz CT molecular complexity index is 1150. The molecule has 0 spiro atoms. The van der Waals surface area contributed by atoms with Crippen LogP contribution in [0.3, 0.4) is 0 Å². The van der Waals surface area contributed by atoms with Gasteiger partial charge in [-0.2, -0.15) is 0 Å². The van der Waals surface area contributed by atoms with E-state index in [9.17, 15) is 14.7 Å². The zero-order chi connectivity index (χ0) is 20.9. The summed E-state index contributed by atoms with van der Waals surface area (Å²) >= 11 is 0.